The fraction of sp³-hybridized carbons (Fsp3) is 0.250. The van der Waals surface area contributed by atoms with Crippen LogP contribution in [-0.2, 0) is 5.60 Å². The summed E-state index contributed by atoms with van der Waals surface area (Å²) in [6.07, 6.45) is 1.83. The maximum atomic E-state index is 10.4. The maximum Gasteiger partial charge on any atom is 0.130 e. The van der Waals surface area contributed by atoms with Crippen LogP contribution < -0.4 is 4.74 Å². The summed E-state index contributed by atoms with van der Waals surface area (Å²) in [6.45, 7) is 7.96. The van der Waals surface area contributed by atoms with Gasteiger partial charge in [-0.15, -0.1) is 0 Å². The quantitative estimate of drug-likeness (QED) is 0.828. The average Bonchev–Trinajstić information content (AvgIpc) is 2.35. The zero-order valence-corrected chi connectivity index (χ0v) is 10.7. The van der Waals surface area contributed by atoms with Crippen LogP contribution in [0.15, 0.2) is 30.8 Å². The molecule has 1 N–H and O–H groups in total. The van der Waals surface area contributed by atoms with Crippen molar-refractivity contribution in [2.45, 2.75) is 19.4 Å². The van der Waals surface area contributed by atoms with E-state index in [2.05, 4.69) is 18.7 Å². The topological polar surface area (TPSA) is 29.5 Å². The summed E-state index contributed by atoms with van der Waals surface area (Å²) in [4.78, 5) is 0. The van der Waals surface area contributed by atoms with Crippen LogP contribution in [-0.4, -0.2) is 11.7 Å². The number of aliphatic hydroxyl groups is 1. The van der Waals surface area contributed by atoms with Crippen molar-refractivity contribution in [3.05, 3.63) is 47.5 Å². The molecule has 0 aliphatic carbocycles. The highest BCUT2D eigenvalue weighted by Gasteiger charge is 2.32. The summed E-state index contributed by atoms with van der Waals surface area (Å²) < 4.78 is 5.76. The highest BCUT2D eigenvalue weighted by atomic mass is 16.5. The van der Waals surface area contributed by atoms with Crippen LogP contribution in [0, 0.1) is 6.92 Å². The van der Waals surface area contributed by atoms with E-state index in [1.165, 1.54) is 0 Å². The SMILES string of the molecule is C=Cc1ccc2c3c(c(C)ccc13)OCC2(C)O. The summed E-state index contributed by atoms with van der Waals surface area (Å²) in [7, 11) is 0. The van der Waals surface area contributed by atoms with Gasteiger partial charge >= 0.3 is 0 Å². The number of ether oxygens (including phenoxy) is 1. The molecule has 3 rings (SSSR count). The van der Waals surface area contributed by atoms with Gasteiger partial charge in [-0.25, -0.2) is 0 Å². The Morgan fingerprint density at radius 2 is 2.11 bits per heavy atom. The van der Waals surface area contributed by atoms with Crippen LogP contribution in [0.3, 0.4) is 0 Å². The molecule has 1 aliphatic rings. The first-order valence-corrected chi connectivity index (χ1v) is 6.09. The third-order valence-corrected chi connectivity index (χ3v) is 3.66. The minimum absolute atomic E-state index is 0.299. The van der Waals surface area contributed by atoms with Crippen molar-refractivity contribution >= 4 is 16.8 Å². The molecular formula is C16H16O2. The van der Waals surface area contributed by atoms with Gasteiger partial charge in [0.2, 0.25) is 0 Å². The van der Waals surface area contributed by atoms with Gasteiger partial charge in [-0.1, -0.05) is 36.9 Å². The number of rotatable bonds is 1. The Bertz CT molecular complexity index is 654. The Morgan fingerprint density at radius 1 is 1.33 bits per heavy atom. The van der Waals surface area contributed by atoms with Crippen LogP contribution in [0.1, 0.15) is 23.6 Å². The smallest absolute Gasteiger partial charge is 0.130 e. The molecule has 0 radical (unpaired) electrons. The van der Waals surface area contributed by atoms with Crippen molar-refractivity contribution in [1.29, 1.82) is 0 Å². The fourth-order valence-electron chi connectivity index (χ4n) is 2.64. The molecule has 2 aromatic rings. The Hall–Kier alpha value is -1.80. The third kappa shape index (κ3) is 1.39. The molecule has 0 fully saturated rings. The monoisotopic (exact) mass is 240 g/mol. The molecule has 18 heavy (non-hydrogen) atoms. The highest BCUT2D eigenvalue weighted by molar-refractivity contribution is 5.98. The van der Waals surface area contributed by atoms with Crippen LogP contribution in [0.25, 0.3) is 16.8 Å². The number of benzene rings is 2. The molecule has 1 unspecified atom stereocenters. The highest BCUT2D eigenvalue weighted by Crippen LogP contribution is 2.42. The first-order valence-electron chi connectivity index (χ1n) is 6.09. The Balaban J connectivity index is 2.51. The Kier molecular flexibility index (Phi) is 2.26. The van der Waals surface area contributed by atoms with Crippen LogP contribution in [0.5, 0.6) is 5.75 Å². The summed E-state index contributed by atoms with van der Waals surface area (Å²) in [6, 6.07) is 8.10. The normalized spacial score (nSPS) is 21.7. The molecule has 0 bridgehead atoms. The van der Waals surface area contributed by atoms with E-state index in [0.29, 0.717) is 6.61 Å². The lowest BCUT2D eigenvalue weighted by atomic mass is 9.86. The zero-order chi connectivity index (χ0) is 12.9. The molecule has 2 nitrogen and oxygen atoms in total. The van der Waals surface area contributed by atoms with Crippen LogP contribution in [0.2, 0.25) is 0 Å². The van der Waals surface area contributed by atoms with Crippen molar-refractivity contribution in [3.8, 4) is 5.75 Å². The maximum absolute atomic E-state index is 10.4. The van der Waals surface area contributed by atoms with Gasteiger partial charge in [-0.05, 0) is 35.9 Å². The van der Waals surface area contributed by atoms with Gasteiger partial charge in [0.15, 0.2) is 0 Å². The molecule has 1 aliphatic heterocycles. The van der Waals surface area contributed by atoms with Gasteiger partial charge in [0.05, 0.1) is 0 Å². The minimum Gasteiger partial charge on any atom is -0.489 e. The van der Waals surface area contributed by atoms with Crippen LogP contribution in [0.4, 0.5) is 0 Å². The Morgan fingerprint density at radius 3 is 2.83 bits per heavy atom. The van der Waals surface area contributed by atoms with Crippen LogP contribution >= 0.6 is 0 Å². The molecule has 0 saturated carbocycles. The van der Waals surface area contributed by atoms with Gasteiger partial charge in [-0.3, -0.25) is 0 Å². The predicted octanol–water partition coefficient (Wildman–Crippen LogP) is 3.39. The van der Waals surface area contributed by atoms with E-state index in [1.54, 1.807) is 6.92 Å². The predicted molar refractivity (Wildman–Crippen MR) is 73.8 cm³/mol. The van der Waals surface area contributed by atoms with E-state index in [9.17, 15) is 5.11 Å². The van der Waals surface area contributed by atoms with Crippen molar-refractivity contribution in [2.24, 2.45) is 0 Å². The van der Waals surface area contributed by atoms with E-state index in [4.69, 9.17) is 4.74 Å². The summed E-state index contributed by atoms with van der Waals surface area (Å²) in [5.74, 6) is 0.887. The molecule has 2 aromatic carbocycles. The molecular weight excluding hydrogens is 224 g/mol. The summed E-state index contributed by atoms with van der Waals surface area (Å²) in [5.41, 5.74) is 2.17. The largest absolute Gasteiger partial charge is 0.489 e. The number of aryl methyl sites for hydroxylation is 1. The molecule has 1 atom stereocenters. The van der Waals surface area contributed by atoms with E-state index in [1.807, 2.05) is 25.1 Å². The van der Waals surface area contributed by atoms with Crippen molar-refractivity contribution in [2.75, 3.05) is 6.61 Å². The van der Waals surface area contributed by atoms with Gasteiger partial charge in [0.25, 0.3) is 0 Å². The van der Waals surface area contributed by atoms with E-state index in [-0.39, 0.29) is 0 Å². The first kappa shape index (κ1) is 11.3. The molecule has 0 amide bonds. The van der Waals surface area contributed by atoms with Gasteiger partial charge < -0.3 is 9.84 Å². The molecule has 0 spiro atoms. The van der Waals surface area contributed by atoms with E-state index in [0.717, 1.165) is 33.2 Å². The van der Waals surface area contributed by atoms with Gasteiger partial charge in [-0.2, -0.15) is 0 Å². The molecule has 2 heteroatoms. The molecule has 0 saturated heterocycles. The van der Waals surface area contributed by atoms with Crippen molar-refractivity contribution in [3.63, 3.8) is 0 Å². The zero-order valence-electron chi connectivity index (χ0n) is 10.7. The molecule has 92 valence electrons. The average molecular weight is 240 g/mol. The number of hydrogen-bond acceptors (Lipinski definition) is 2. The number of hydrogen-bond donors (Lipinski definition) is 1. The molecule has 1 heterocycles. The lowest BCUT2D eigenvalue weighted by molar-refractivity contribution is 0.00354. The standard InChI is InChI=1S/C16H16O2/c1-4-11-6-8-13-14-12(11)7-5-10(2)15(14)18-9-16(13,3)17/h4-8,17H,1,9H2,2-3H3. The third-order valence-electron chi connectivity index (χ3n) is 3.66. The summed E-state index contributed by atoms with van der Waals surface area (Å²) in [5, 5.41) is 12.5. The second-order valence-corrected chi connectivity index (χ2v) is 5.10. The first-order chi connectivity index (χ1) is 8.54. The van der Waals surface area contributed by atoms with Crippen molar-refractivity contribution < 1.29 is 9.84 Å². The van der Waals surface area contributed by atoms with Crippen molar-refractivity contribution in [1.82, 2.24) is 0 Å². The van der Waals surface area contributed by atoms with E-state index < -0.39 is 5.60 Å². The lowest BCUT2D eigenvalue weighted by Crippen LogP contribution is -2.33. The van der Waals surface area contributed by atoms with Gasteiger partial charge in [0, 0.05) is 5.39 Å². The van der Waals surface area contributed by atoms with E-state index >= 15 is 0 Å². The van der Waals surface area contributed by atoms with Gasteiger partial charge in [0.1, 0.15) is 18.0 Å². The Labute approximate surface area is 107 Å². The second-order valence-electron chi connectivity index (χ2n) is 5.10. The second kappa shape index (κ2) is 3.59. The summed E-state index contributed by atoms with van der Waals surface area (Å²) >= 11 is 0. The lowest BCUT2D eigenvalue weighted by Gasteiger charge is -2.32. The minimum atomic E-state index is -0.932. The fourth-order valence-corrected chi connectivity index (χ4v) is 2.64. The molecule has 0 aromatic heterocycles.